The molecule has 0 bridgehead atoms. The van der Waals surface area contributed by atoms with Crippen molar-refractivity contribution in [2.24, 2.45) is 5.73 Å². The van der Waals surface area contributed by atoms with Crippen molar-refractivity contribution in [3.63, 3.8) is 0 Å². The minimum atomic E-state index is -1.10. The van der Waals surface area contributed by atoms with Gasteiger partial charge in [-0.2, -0.15) is 0 Å². The number of carbonyl (C=O) groups excluding carboxylic acids is 3. The van der Waals surface area contributed by atoms with E-state index in [9.17, 15) is 19.5 Å². The maximum absolute atomic E-state index is 11.5. The van der Waals surface area contributed by atoms with Crippen LogP contribution in [-0.4, -0.2) is 41.7 Å². The molecule has 8 heteroatoms. The summed E-state index contributed by atoms with van der Waals surface area (Å²) in [5, 5.41) is 14.3. The molecule has 0 unspecified atom stereocenters. The van der Waals surface area contributed by atoms with Crippen LogP contribution in [0.2, 0.25) is 0 Å². The molecule has 3 amide bonds. The van der Waals surface area contributed by atoms with Gasteiger partial charge in [-0.15, -0.1) is 0 Å². The van der Waals surface area contributed by atoms with Crippen LogP contribution in [0.5, 0.6) is 0 Å². The quantitative estimate of drug-likeness (QED) is 0.519. The minimum Gasteiger partial charge on any atom is -0.445 e. The minimum absolute atomic E-state index is 0.110. The predicted molar refractivity (Wildman–Crippen MR) is 82.1 cm³/mol. The second-order valence-corrected chi connectivity index (χ2v) is 4.99. The zero-order valence-corrected chi connectivity index (χ0v) is 12.8. The first kappa shape index (κ1) is 18.4. The van der Waals surface area contributed by atoms with E-state index in [1.54, 1.807) is 0 Å². The van der Waals surface area contributed by atoms with Crippen molar-refractivity contribution in [1.29, 1.82) is 0 Å². The van der Waals surface area contributed by atoms with Crippen molar-refractivity contribution in [1.82, 2.24) is 10.6 Å². The fourth-order valence-corrected chi connectivity index (χ4v) is 1.63. The van der Waals surface area contributed by atoms with Gasteiger partial charge in [0.15, 0.2) is 0 Å². The van der Waals surface area contributed by atoms with Gasteiger partial charge in [0, 0.05) is 6.54 Å². The molecule has 0 saturated carbocycles. The number of amides is 3. The van der Waals surface area contributed by atoms with Gasteiger partial charge >= 0.3 is 6.09 Å². The van der Waals surface area contributed by atoms with E-state index >= 15 is 0 Å². The highest BCUT2D eigenvalue weighted by Gasteiger charge is 2.16. The third-order valence-electron chi connectivity index (χ3n) is 2.92. The molecular formula is C15H21N3O5. The monoisotopic (exact) mass is 323 g/mol. The average molecular weight is 323 g/mol. The van der Waals surface area contributed by atoms with E-state index in [0.29, 0.717) is 0 Å². The van der Waals surface area contributed by atoms with Gasteiger partial charge in [0.1, 0.15) is 12.6 Å². The molecule has 23 heavy (non-hydrogen) atoms. The van der Waals surface area contributed by atoms with Crippen LogP contribution in [0.15, 0.2) is 30.3 Å². The highest BCUT2D eigenvalue weighted by molar-refractivity contribution is 5.86. The summed E-state index contributed by atoms with van der Waals surface area (Å²) in [4.78, 5) is 33.8. The average Bonchev–Trinajstić information content (AvgIpc) is 2.51. The molecule has 0 radical (unpaired) electrons. The van der Waals surface area contributed by atoms with Crippen LogP contribution < -0.4 is 16.4 Å². The van der Waals surface area contributed by atoms with E-state index in [2.05, 4.69) is 10.6 Å². The van der Waals surface area contributed by atoms with Crippen molar-refractivity contribution in [3.05, 3.63) is 35.9 Å². The Kier molecular flexibility index (Phi) is 7.55. The van der Waals surface area contributed by atoms with Crippen LogP contribution in [0.25, 0.3) is 0 Å². The third kappa shape index (κ3) is 7.82. The van der Waals surface area contributed by atoms with Crippen LogP contribution in [-0.2, 0) is 20.9 Å². The van der Waals surface area contributed by atoms with Crippen molar-refractivity contribution in [3.8, 4) is 0 Å². The number of hydrogen-bond donors (Lipinski definition) is 4. The second kappa shape index (κ2) is 9.42. The number of hydrogen-bond acceptors (Lipinski definition) is 5. The zero-order chi connectivity index (χ0) is 17.2. The Balaban J connectivity index is 2.22. The summed E-state index contributed by atoms with van der Waals surface area (Å²) in [5.74, 6) is -1.21. The summed E-state index contributed by atoms with van der Waals surface area (Å²) in [5.41, 5.74) is 5.84. The highest BCUT2D eigenvalue weighted by atomic mass is 16.5. The van der Waals surface area contributed by atoms with E-state index in [-0.39, 0.29) is 19.6 Å². The number of aliphatic hydroxyl groups excluding tert-OH is 1. The fourth-order valence-electron chi connectivity index (χ4n) is 1.63. The van der Waals surface area contributed by atoms with E-state index in [4.69, 9.17) is 10.5 Å². The summed E-state index contributed by atoms with van der Waals surface area (Å²) in [6.07, 6.45) is -2.06. The molecule has 0 saturated heterocycles. The molecule has 126 valence electrons. The first-order valence-corrected chi connectivity index (χ1v) is 7.09. The van der Waals surface area contributed by atoms with Crippen LogP contribution in [0.1, 0.15) is 18.9 Å². The number of rotatable bonds is 8. The lowest BCUT2D eigenvalue weighted by Crippen LogP contribution is -2.44. The Hall–Kier alpha value is -2.61. The van der Waals surface area contributed by atoms with Crippen LogP contribution in [0, 0.1) is 0 Å². The first-order valence-electron chi connectivity index (χ1n) is 7.09. The lowest BCUT2D eigenvalue weighted by molar-refractivity contribution is -0.128. The molecule has 0 spiro atoms. The van der Waals surface area contributed by atoms with Crippen LogP contribution in [0.3, 0.4) is 0 Å². The highest BCUT2D eigenvalue weighted by Crippen LogP contribution is 2.00. The Morgan fingerprint density at radius 1 is 1.26 bits per heavy atom. The summed E-state index contributed by atoms with van der Waals surface area (Å²) in [6.45, 7) is 1.40. The number of primary amides is 1. The standard InChI is InChI=1S/C15H21N3O5/c1-10(14(16)21)18-13(20)7-12(19)8-17-15(22)23-9-11-5-3-2-4-6-11/h2-6,10,12,19H,7-9H2,1H3,(H2,16,21)(H,17,22)(H,18,20)/t10-,12+/m0/s1. The first-order chi connectivity index (χ1) is 10.9. The molecule has 0 aliphatic rings. The van der Waals surface area contributed by atoms with Gasteiger partial charge in [-0.1, -0.05) is 30.3 Å². The van der Waals surface area contributed by atoms with E-state index < -0.39 is 30.1 Å². The predicted octanol–water partition coefficient (Wildman–Crippen LogP) is -0.346. The summed E-state index contributed by atoms with van der Waals surface area (Å²) >= 11 is 0. The molecule has 1 rings (SSSR count). The molecule has 5 N–H and O–H groups in total. The molecule has 0 aliphatic heterocycles. The third-order valence-corrected chi connectivity index (χ3v) is 2.92. The Morgan fingerprint density at radius 2 is 1.91 bits per heavy atom. The lowest BCUT2D eigenvalue weighted by atomic mass is 10.2. The SMILES string of the molecule is C[C@H](NC(=O)C[C@@H](O)CNC(=O)OCc1ccccc1)C(N)=O. The zero-order valence-electron chi connectivity index (χ0n) is 12.8. The topological polar surface area (TPSA) is 131 Å². The normalized spacial score (nSPS) is 12.8. The van der Waals surface area contributed by atoms with E-state index in [1.807, 2.05) is 30.3 Å². The molecule has 2 atom stereocenters. The van der Waals surface area contributed by atoms with E-state index in [0.717, 1.165) is 5.56 Å². The molecule has 1 aromatic rings. The van der Waals surface area contributed by atoms with Gasteiger partial charge in [0.05, 0.1) is 12.5 Å². The molecule has 0 fully saturated rings. The van der Waals surface area contributed by atoms with Crippen molar-refractivity contribution in [2.45, 2.75) is 32.1 Å². The summed E-state index contributed by atoms with van der Waals surface area (Å²) in [6, 6.07) is 8.31. The maximum Gasteiger partial charge on any atom is 0.407 e. The van der Waals surface area contributed by atoms with Crippen LogP contribution >= 0.6 is 0 Å². The number of benzene rings is 1. The van der Waals surface area contributed by atoms with Crippen molar-refractivity contribution < 1.29 is 24.2 Å². The van der Waals surface area contributed by atoms with Gasteiger partial charge in [-0.05, 0) is 12.5 Å². The number of aliphatic hydroxyl groups is 1. The molecular weight excluding hydrogens is 302 g/mol. The molecule has 0 heterocycles. The fraction of sp³-hybridized carbons (Fsp3) is 0.400. The Labute approximate surface area is 134 Å². The summed E-state index contributed by atoms with van der Waals surface area (Å²) < 4.78 is 4.96. The summed E-state index contributed by atoms with van der Waals surface area (Å²) in [7, 11) is 0. The maximum atomic E-state index is 11.5. The molecule has 1 aromatic carbocycles. The van der Waals surface area contributed by atoms with Crippen molar-refractivity contribution >= 4 is 17.9 Å². The largest absolute Gasteiger partial charge is 0.445 e. The Morgan fingerprint density at radius 3 is 2.52 bits per heavy atom. The molecule has 0 aromatic heterocycles. The van der Waals surface area contributed by atoms with Gasteiger partial charge in [-0.25, -0.2) is 4.79 Å². The van der Waals surface area contributed by atoms with Gasteiger partial charge < -0.3 is 26.2 Å². The molecule has 0 aliphatic carbocycles. The number of nitrogens with two attached hydrogens (primary N) is 1. The van der Waals surface area contributed by atoms with E-state index in [1.165, 1.54) is 6.92 Å². The number of ether oxygens (including phenoxy) is 1. The van der Waals surface area contributed by atoms with Gasteiger partial charge in [0.25, 0.3) is 0 Å². The Bertz CT molecular complexity index is 535. The number of alkyl carbamates (subject to hydrolysis) is 1. The number of carbonyl (C=O) groups is 3. The van der Waals surface area contributed by atoms with Crippen molar-refractivity contribution in [2.75, 3.05) is 6.54 Å². The number of nitrogens with one attached hydrogen (secondary N) is 2. The second-order valence-electron chi connectivity index (χ2n) is 4.99. The smallest absolute Gasteiger partial charge is 0.407 e. The van der Waals surface area contributed by atoms with Gasteiger partial charge in [0.2, 0.25) is 11.8 Å². The lowest BCUT2D eigenvalue weighted by Gasteiger charge is -2.14. The molecule has 8 nitrogen and oxygen atoms in total. The van der Waals surface area contributed by atoms with Gasteiger partial charge in [-0.3, -0.25) is 9.59 Å². The van der Waals surface area contributed by atoms with Crippen LogP contribution in [0.4, 0.5) is 4.79 Å².